The van der Waals surface area contributed by atoms with Gasteiger partial charge in [-0.25, -0.2) is 0 Å². The Morgan fingerprint density at radius 1 is 1.35 bits per heavy atom. The molecule has 0 fully saturated rings. The Morgan fingerprint density at radius 2 is 2.24 bits per heavy atom. The lowest BCUT2D eigenvalue weighted by molar-refractivity contribution is 0.220. The van der Waals surface area contributed by atoms with Gasteiger partial charge in [0.25, 0.3) is 0 Å². The number of aliphatic hydroxyl groups is 1. The molecule has 3 rings (SSSR count). The number of hydrogen-bond donors (Lipinski definition) is 1. The first-order valence-electron chi connectivity index (χ1n) is 5.73. The van der Waals surface area contributed by atoms with Gasteiger partial charge in [-0.2, -0.15) is 11.3 Å². The summed E-state index contributed by atoms with van der Waals surface area (Å²) in [5.41, 5.74) is 3.10. The lowest BCUT2D eigenvalue weighted by atomic mass is 10.0. The maximum Gasteiger partial charge on any atom is 0.123 e. The molecule has 0 aliphatic carbocycles. The molecule has 1 aromatic carbocycles. The molecular weight excluding hydrogens is 232 g/mol. The number of aliphatic hydroxyl groups excluding tert-OH is 1. The van der Waals surface area contributed by atoms with Gasteiger partial charge in [0.2, 0.25) is 0 Å². The van der Waals surface area contributed by atoms with Crippen LogP contribution in [0.4, 0.5) is 0 Å². The summed E-state index contributed by atoms with van der Waals surface area (Å²) in [6.45, 7) is 2.06. The molecule has 1 N–H and O–H groups in total. The smallest absolute Gasteiger partial charge is 0.123 e. The van der Waals surface area contributed by atoms with Crippen LogP contribution < -0.4 is 4.74 Å². The molecule has 0 bridgehead atoms. The summed E-state index contributed by atoms with van der Waals surface area (Å²) in [6, 6.07) is 7.92. The van der Waals surface area contributed by atoms with E-state index in [2.05, 4.69) is 13.0 Å². The Hall–Kier alpha value is -1.32. The average molecular weight is 246 g/mol. The van der Waals surface area contributed by atoms with E-state index in [1.165, 1.54) is 5.56 Å². The molecule has 0 radical (unpaired) electrons. The van der Waals surface area contributed by atoms with E-state index in [0.29, 0.717) is 0 Å². The molecule has 1 aliphatic rings. The van der Waals surface area contributed by atoms with Gasteiger partial charge in [0.05, 0.1) is 0 Å². The zero-order valence-corrected chi connectivity index (χ0v) is 10.4. The van der Waals surface area contributed by atoms with Gasteiger partial charge in [-0.1, -0.05) is 6.07 Å². The largest absolute Gasteiger partial charge is 0.490 e. The van der Waals surface area contributed by atoms with Crippen molar-refractivity contribution in [3.8, 4) is 5.75 Å². The zero-order valence-electron chi connectivity index (χ0n) is 9.59. The summed E-state index contributed by atoms with van der Waals surface area (Å²) in [4.78, 5) is 0. The Labute approximate surface area is 104 Å². The van der Waals surface area contributed by atoms with E-state index in [1.807, 2.05) is 29.0 Å². The van der Waals surface area contributed by atoms with Crippen molar-refractivity contribution >= 4 is 11.3 Å². The summed E-state index contributed by atoms with van der Waals surface area (Å²) >= 11 is 1.60. The van der Waals surface area contributed by atoms with Crippen molar-refractivity contribution in [2.75, 3.05) is 0 Å². The van der Waals surface area contributed by atoms with Crippen molar-refractivity contribution in [2.24, 2.45) is 0 Å². The standard InChI is InChI=1S/C14H14O2S/c1-9-6-12-7-10(2-3-13(12)16-9)14(15)11-4-5-17-8-11/h2-5,7-9,14-15H,6H2,1H3. The normalized spacial score (nSPS) is 19.8. The van der Waals surface area contributed by atoms with Crippen LogP contribution >= 0.6 is 11.3 Å². The molecule has 17 heavy (non-hydrogen) atoms. The second-order valence-corrected chi connectivity index (χ2v) is 5.24. The highest BCUT2D eigenvalue weighted by Gasteiger charge is 2.21. The molecule has 2 atom stereocenters. The highest BCUT2D eigenvalue weighted by Crippen LogP contribution is 2.33. The van der Waals surface area contributed by atoms with Crippen LogP contribution in [0.25, 0.3) is 0 Å². The Morgan fingerprint density at radius 3 is 3.00 bits per heavy atom. The third-order valence-electron chi connectivity index (χ3n) is 3.09. The van der Waals surface area contributed by atoms with Gasteiger partial charge in [0.1, 0.15) is 18.0 Å². The average Bonchev–Trinajstić information content (AvgIpc) is 2.94. The minimum absolute atomic E-state index is 0.249. The van der Waals surface area contributed by atoms with Crippen LogP contribution in [0, 0.1) is 0 Å². The molecule has 1 aromatic heterocycles. The molecule has 2 aromatic rings. The van der Waals surface area contributed by atoms with Crippen molar-refractivity contribution < 1.29 is 9.84 Å². The van der Waals surface area contributed by atoms with E-state index in [-0.39, 0.29) is 6.10 Å². The fourth-order valence-electron chi connectivity index (χ4n) is 2.24. The van der Waals surface area contributed by atoms with Crippen molar-refractivity contribution in [2.45, 2.75) is 25.6 Å². The van der Waals surface area contributed by atoms with Crippen LogP contribution in [-0.2, 0) is 6.42 Å². The van der Waals surface area contributed by atoms with Crippen LogP contribution in [-0.4, -0.2) is 11.2 Å². The van der Waals surface area contributed by atoms with Gasteiger partial charge in [-0.15, -0.1) is 0 Å². The van der Waals surface area contributed by atoms with E-state index >= 15 is 0 Å². The SMILES string of the molecule is CC1Cc2cc(C(O)c3ccsc3)ccc2O1. The molecule has 0 saturated heterocycles. The first-order chi connectivity index (χ1) is 8.24. The number of thiophene rings is 1. The van der Waals surface area contributed by atoms with Gasteiger partial charge in [0.15, 0.2) is 0 Å². The second-order valence-electron chi connectivity index (χ2n) is 4.46. The van der Waals surface area contributed by atoms with Crippen molar-refractivity contribution in [1.82, 2.24) is 0 Å². The van der Waals surface area contributed by atoms with Gasteiger partial charge in [0, 0.05) is 6.42 Å². The second kappa shape index (κ2) is 4.17. The van der Waals surface area contributed by atoms with E-state index < -0.39 is 6.10 Å². The van der Waals surface area contributed by atoms with E-state index in [1.54, 1.807) is 11.3 Å². The van der Waals surface area contributed by atoms with Crippen molar-refractivity contribution in [3.63, 3.8) is 0 Å². The number of hydrogen-bond acceptors (Lipinski definition) is 3. The summed E-state index contributed by atoms with van der Waals surface area (Å²) in [5, 5.41) is 14.2. The lowest BCUT2D eigenvalue weighted by Gasteiger charge is -2.10. The fourth-order valence-corrected chi connectivity index (χ4v) is 2.91. The minimum Gasteiger partial charge on any atom is -0.490 e. The molecule has 2 nitrogen and oxygen atoms in total. The van der Waals surface area contributed by atoms with Crippen LogP contribution in [0.5, 0.6) is 5.75 Å². The summed E-state index contributed by atoms with van der Waals surface area (Å²) in [7, 11) is 0. The van der Waals surface area contributed by atoms with Crippen LogP contribution in [0.2, 0.25) is 0 Å². The van der Waals surface area contributed by atoms with Crippen LogP contribution in [0.3, 0.4) is 0 Å². The minimum atomic E-state index is -0.526. The van der Waals surface area contributed by atoms with Gasteiger partial charge < -0.3 is 9.84 Å². The number of fused-ring (bicyclic) bond motifs is 1. The first kappa shape index (κ1) is 10.8. The number of rotatable bonds is 2. The van der Waals surface area contributed by atoms with Crippen LogP contribution in [0.1, 0.15) is 29.7 Å². The highest BCUT2D eigenvalue weighted by atomic mass is 32.1. The third-order valence-corrected chi connectivity index (χ3v) is 3.80. The molecular formula is C14H14O2S. The molecule has 2 unspecified atom stereocenters. The number of benzene rings is 1. The summed E-state index contributed by atoms with van der Waals surface area (Å²) in [5.74, 6) is 0.957. The molecule has 0 amide bonds. The first-order valence-corrected chi connectivity index (χ1v) is 6.68. The molecule has 0 spiro atoms. The van der Waals surface area contributed by atoms with E-state index in [0.717, 1.165) is 23.3 Å². The quantitative estimate of drug-likeness (QED) is 0.882. The van der Waals surface area contributed by atoms with Gasteiger partial charge in [-0.3, -0.25) is 0 Å². The predicted molar refractivity (Wildman–Crippen MR) is 68.6 cm³/mol. The molecule has 0 saturated carbocycles. The number of ether oxygens (including phenoxy) is 1. The van der Waals surface area contributed by atoms with Gasteiger partial charge in [-0.05, 0) is 52.6 Å². The van der Waals surface area contributed by atoms with Crippen molar-refractivity contribution in [1.29, 1.82) is 0 Å². The molecule has 88 valence electrons. The summed E-state index contributed by atoms with van der Waals surface area (Å²) < 4.78 is 5.65. The lowest BCUT2D eigenvalue weighted by Crippen LogP contribution is -2.05. The topological polar surface area (TPSA) is 29.5 Å². The van der Waals surface area contributed by atoms with Gasteiger partial charge >= 0.3 is 0 Å². The summed E-state index contributed by atoms with van der Waals surface area (Å²) in [6.07, 6.45) is 0.653. The zero-order chi connectivity index (χ0) is 11.8. The maximum atomic E-state index is 10.2. The Bertz CT molecular complexity index is 519. The maximum absolute atomic E-state index is 10.2. The Balaban J connectivity index is 1.93. The third kappa shape index (κ3) is 1.96. The highest BCUT2D eigenvalue weighted by molar-refractivity contribution is 7.07. The molecule has 3 heteroatoms. The monoisotopic (exact) mass is 246 g/mol. The predicted octanol–water partition coefficient (Wildman–Crippen LogP) is 3.15. The van der Waals surface area contributed by atoms with Crippen molar-refractivity contribution in [3.05, 3.63) is 51.7 Å². The molecule has 1 aliphatic heterocycles. The fraction of sp³-hybridized carbons (Fsp3) is 0.286. The van der Waals surface area contributed by atoms with E-state index in [9.17, 15) is 5.11 Å². The molecule has 2 heterocycles. The Kier molecular flexibility index (Phi) is 2.65. The van der Waals surface area contributed by atoms with Crippen LogP contribution in [0.15, 0.2) is 35.0 Å². The van der Waals surface area contributed by atoms with E-state index in [4.69, 9.17) is 4.74 Å².